The molecule has 9 N–H and O–H groups in total. The molecule has 0 aromatic heterocycles. The predicted octanol–water partition coefficient (Wildman–Crippen LogP) is 0.902. The van der Waals surface area contributed by atoms with Crippen LogP contribution in [0.25, 0.3) is 0 Å². The number of ether oxygens (including phenoxy) is 6. The van der Waals surface area contributed by atoms with Crippen molar-refractivity contribution in [3.05, 3.63) is 0 Å². The Morgan fingerprint density at radius 2 is 1.42 bits per heavy atom. The summed E-state index contributed by atoms with van der Waals surface area (Å²) in [6.07, 6.45) is -13.1. The Hall–Kier alpha value is -1.09. The molecule has 3 saturated heterocycles. The van der Waals surface area contributed by atoms with E-state index in [4.69, 9.17) is 28.4 Å². The van der Waals surface area contributed by atoms with Crippen molar-refractivity contribution >= 4 is 5.97 Å². The molecule has 3 heterocycles. The van der Waals surface area contributed by atoms with E-state index in [1.807, 2.05) is 13.8 Å². The standard InChI is InChI=1S/C44H74O16/c1-20(46)55-19-25-31(50)33(52)35(59-37-34(53)32(51)30(49)24(18-45)57-37)38(58-25)56-23-17-43(8)26(41(6)13-11-27(48)39(2,3)36(23)41)16-22(47)29-21(10-14-42(29,43)7)44(9)15-12-28(60-44)40(4,5)54/h21-38,45,47-54H,10-19H2,1-9H3. The maximum atomic E-state index is 12.4. The second-order valence-electron chi connectivity index (χ2n) is 21.8. The van der Waals surface area contributed by atoms with Gasteiger partial charge in [-0.3, -0.25) is 4.79 Å². The quantitative estimate of drug-likeness (QED) is 0.115. The number of aliphatic hydroxyl groups excluding tert-OH is 8. The average Bonchev–Trinajstić information content (AvgIpc) is 3.76. The molecule has 22 unspecified atom stereocenters. The van der Waals surface area contributed by atoms with E-state index in [9.17, 15) is 50.8 Å². The van der Waals surface area contributed by atoms with E-state index >= 15 is 0 Å². The molecule has 7 aliphatic rings. The van der Waals surface area contributed by atoms with Gasteiger partial charge < -0.3 is 74.4 Å². The first-order valence-electron chi connectivity index (χ1n) is 22.3. The first-order chi connectivity index (χ1) is 27.7. The summed E-state index contributed by atoms with van der Waals surface area (Å²) >= 11 is 0. The lowest BCUT2D eigenvalue weighted by Gasteiger charge is -2.72. The van der Waals surface area contributed by atoms with Crippen LogP contribution in [0, 0.1) is 45.3 Å². The van der Waals surface area contributed by atoms with Crippen LogP contribution >= 0.6 is 0 Å². The van der Waals surface area contributed by atoms with Gasteiger partial charge in [0.25, 0.3) is 0 Å². The molecule has 0 aromatic rings. The summed E-state index contributed by atoms with van der Waals surface area (Å²) in [5, 5.41) is 100. The number of rotatable bonds is 9. The van der Waals surface area contributed by atoms with Crippen molar-refractivity contribution in [3.8, 4) is 0 Å². The van der Waals surface area contributed by atoms with E-state index in [0.29, 0.717) is 25.7 Å². The van der Waals surface area contributed by atoms with Crippen LogP contribution in [-0.2, 0) is 33.2 Å². The molecule has 60 heavy (non-hydrogen) atoms. The molecule has 0 spiro atoms. The fourth-order valence-electron chi connectivity index (χ4n) is 14.3. The highest BCUT2D eigenvalue weighted by molar-refractivity contribution is 5.65. The lowest BCUT2D eigenvalue weighted by atomic mass is 9.34. The van der Waals surface area contributed by atoms with Crippen molar-refractivity contribution in [1.29, 1.82) is 0 Å². The highest BCUT2D eigenvalue weighted by Gasteiger charge is 2.74. The Morgan fingerprint density at radius 3 is 2.03 bits per heavy atom. The SMILES string of the molecule is CC(=O)OCC1OC(OC2CC3(C)C(CC(O)C4C(C5(C)CCC(C(C)(C)O)O5)CCC43C)C3(C)CCC(O)C(C)(C)C23)C(OC2OC(CO)C(O)C(O)C2O)C(O)C1O. The monoisotopic (exact) mass is 858 g/mol. The summed E-state index contributed by atoms with van der Waals surface area (Å²) in [5.41, 5.74) is -3.63. The highest BCUT2D eigenvalue weighted by atomic mass is 16.8. The smallest absolute Gasteiger partial charge is 0.302 e. The summed E-state index contributed by atoms with van der Waals surface area (Å²) in [4.78, 5) is 11.9. The molecule has 0 radical (unpaired) electrons. The van der Waals surface area contributed by atoms with E-state index in [-0.39, 0.29) is 29.8 Å². The Kier molecular flexibility index (Phi) is 12.6. The third-order valence-corrected chi connectivity index (χ3v) is 17.7. The van der Waals surface area contributed by atoms with Gasteiger partial charge in [0, 0.05) is 6.92 Å². The van der Waals surface area contributed by atoms with Crippen molar-refractivity contribution in [2.24, 2.45) is 45.3 Å². The van der Waals surface area contributed by atoms with Crippen molar-refractivity contribution in [2.45, 2.75) is 211 Å². The number of carbonyl (C=O) groups is 1. The van der Waals surface area contributed by atoms with Crippen LogP contribution < -0.4 is 0 Å². The molecule has 16 heteroatoms. The molecule has 0 bridgehead atoms. The summed E-state index contributed by atoms with van der Waals surface area (Å²) in [5.74, 6) is -1.07. The number of hydrogen-bond donors (Lipinski definition) is 9. The van der Waals surface area contributed by atoms with E-state index in [1.54, 1.807) is 13.8 Å². The summed E-state index contributed by atoms with van der Waals surface area (Å²) < 4.78 is 37.3. The van der Waals surface area contributed by atoms with Crippen molar-refractivity contribution in [3.63, 3.8) is 0 Å². The fraction of sp³-hybridized carbons (Fsp3) is 0.977. The number of fused-ring (bicyclic) bond motifs is 5. The maximum absolute atomic E-state index is 12.4. The first kappa shape index (κ1) is 46.9. The predicted molar refractivity (Wildman–Crippen MR) is 211 cm³/mol. The van der Waals surface area contributed by atoms with Crippen LogP contribution in [-0.4, -0.2) is 162 Å². The number of aliphatic hydroxyl groups is 9. The minimum Gasteiger partial charge on any atom is -0.463 e. The zero-order valence-electron chi connectivity index (χ0n) is 36.8. The van der Waals surface area contributed by atoms with Gasteiger partial charge in [0.2, 0.25) is 0 Å². The average molecular weight is 859 g/mol. The molecule has 16 nitrogen and oxygen atoms in total. The van der Waals surface area contributed by atoms with Gasteiger partial charge in [-0.25, -0.2) is 0 Å². The number of carbonyl (C=O) groups excluding carboxylic acids is 1. The molecule has 3 aliphatic heterocycles. The van der Waals surface area contributed by atoms with Crippen LogP contribution in [0.5, 0.6) is 0 Å². The lowest BCUT2D eigenvalue weighted by Crippen LogP contribution is -2.71. The van der Waals surface area contributed by atoms with Gasteiger partial charge >= 0.3 is 5.97 Å². The van der Waals surface area contributed by atoms with Gasteiger partial charge in [-0.15, -0.1) is 0 Å². The van der Waals surface area contributed by atoms with Crippen LogP contribution in [0.1, 0.15) is 114 Å². The molecule has 7 rings (SSSR count). The molecule has 346 valence electrons. The van der Waals surface area contributed by atoms with Crippen LogP contribution in [0.4, 0.5) is 0 Å². The lowest BCUT2D eigenvalue weighted by molar-refractivity contribution is -0.383. The summed E-state index contributed by atoms with van der Waals surface area (Å²) in [7, 11) is 0. The normalized spacial score (nSPS) is 54.2. The molecule has 4 saturated carbocycles. The van der Waals surface area contributed by atoms with Crippen molar-refractivity contribution in [1.82, 2.24) is 0 Å². The molecule has 7 fully saturated rings. The fourth-order valence-corrected chi connectivity index (χ4v) is 14.3. The largest absolute Gasteiger partial charge is 0.463 e. The maximum Gasteiger partial charge on any atom is 0.302 e. The second kappa shape index (κ2) is 16.1. The Morgan fingerprint density at radius 1 is 0.767 bits per heavy atom. The van der Waals surface area contributed by atoms with Crippen molar-refractivity contribution in [2.75, 3.05) is 13.2 Å². The third kappa shape index (κ3) is 7.41. The van der Waals surface area contributed by atoms with Gasteiger partial charge in [0.05, 0.1) is 42.2 Å². The highest BCUT2D eigenvalue weighted by Crippen LogP contribution is 2.76. The summed E-state index contributed by atoms with van der Waals surface area (Å²) in [6, 6.07) is 0. The number of hydrogen-bond acceptors (Lipinski definition) is 16. The Balaban J connectivity index is 1.27. The van der Waals surface area contributed by atoms with Gasteiger partial charge in [0.1, 0.15) is 55.4 Å². The molecular weight excluding hydrogens is 784 g/mol. The minimum atomic E-state index is -1.83. The van der Waals surface area contributed by atoms with E-state index in [2.05, 4.69) is 27.7 Å². The van der Waals surface area contributed by atoms with Gasteiger partial charge in [-0.2, -0.15) is 0 Å². The topological polar surface area (TPSA) is 255 Å². The Bertz CT molecular complexity index is 1560. The van der Waals surface area contributed by atoms with Gasteiger partial charge in [0.15, 0.2) is 12.6 Å². The number of esters is 1. The van der Waals surface area contributed by atoms with Crippen molar-refractivity contribution < 1.29 is 79.2 Å². The van der Waals surface area contributed by atoms with Crippen LogP contribution in [0.2, 0.25) is 0 Å². The van der Waals surface area contributed by atoms with Gasteiger partial charge in [-0.05, 0) is 117 Å². The van der Waals surface area contributed by atoms with Crippen LogP contribution in [0.15, 0.2) is 0 Å². The zero-order valence-corrected chi connectivity index (χ0v) is 36.8. The molecular formula is C44H74O16. The van der Waals surface area contributed by atoms with E-state index in [1.165, 1.54) is 6.92 Å². The van der Waals surface area contributed by atoms with E-state index in [0.717, 1.165) is 25.7 Å². The zero-order chi connectivity index (χ0) is 44.3. The summed E-state index contributed by atoms with van der Waals surface area (Å²) in [6.45, 7) is 16.6. The third-order valence-electron chi connectivity index (χ3n) is 17.7. The van der Waals surface area contributed by atoms with E-state index < -0.39 is 132 Å². The molecule has 0 aromatic carbocycles. The molecule has 22 atom stereocenters. The Labute approximate surface area is 353 Å². The molecule has 4 aliphatic carbocycles. The molecule has 0 amide bonds. The van der Waals surface area contributed by atoms with Crippen LogP contribution in [0.3, 0.4) is 0 Å². The van der Waals surface area contributed by atoms with Gasteiger partial charge in [-0.1, -0.05) is 34.6 Å². The first-order valence-corrected chi connectivity index (χ1v) is 22.3. The minimum absolute atomic E-state index is 0.00983. The second-order valence-corrected chi connectivity index (χ2v) is 21.8.